The van der Waals surface area contributed by atoms with E-state index in [1.54, 1.807) is 12.1 Å². The summed E-state index contributed by atoms with van der Waals surface area (Å²) in [4.78, 5) is 22.1. The molecule has 6 heteroatoms. The molecule has 0 aliphatic heterocycles. The van der Waals surface area contributed by atoms with Crippen LogP contribution in [0.5, 0.6) is 0 Å². The van der Waals surface area contributed by atoms with Crippen LogP contribution < -0.4 is 10.6 Å². The van der Waals surface area contributed by atoms with Crippen molar-refractivity contribution in [1.29, 1.82) is 0 Å². The number of carbonyl (C=O) groups is 1. The summed E-state index contributed by atoms with van der Waals surface area (Å²) in [5, 5.41) is 16.3. The number of amides is 1. The number of para-hydroxylation sites is 3. The summed E-state index contributed by atoms with van der Waals surface area (Å²) in [5.74, 6) is -0.344. The number of hydrogen-bond donors (Lipinski definition) is 2. The van der Waals surface area contributed by atoms with Crippen LogP contribution in [0.25, 0.3) is 0 Å². The SMILES string of the molecule is O=C(CNc1ccccc1)Nc1ccccc1[N+](=O)[O-]. The topological polar surface area (TPSA) is 84.3 Å². The van der Waals surface area contributed by atoms with Crippen molar-refractivity contribution < 1.29 is 9.72 Å². The molecule has 2 aromatic rings. The minimum Gasteiger partial charge on any atom is -0.376 e. The van der Waals surface area contributed by atoms with E-state index in [1.165, 1.54) is 12.1 Å². The summed E-state index contributed by atoms with van der Waals surface area (Å²) in [6.07, 6.45) is 0. The van der Waals surface area contributed by atoms with Crippen LogP contribution in [0, 0.1) is 10.1 Å². The first-order chi connectivity index (χ1) is 9.66. The summed E-state index contributed by atoms with van der Waals surface area (Å²) in [7, 11) is 0. The number of anilines is 2. The lowest BCUT2D eigenvalue weighted by Crippen LogP contribution is -2.22. The highest BCUT2D eigenvalue weighted by atomic mass is 16.6. The molecular weight excluding hydrogens is 258 g/mol. The molecule has 6 nitrogen and oxygen atoms in total. The van der Waals surface area contributed by atoms with E-state index in [0.29, 0.717) is 0 Å². The van der Waals surface area contributed by atoms with E-state index in [-0.39, 0.29) is 23.8 Å². The molecule has 0 radical (unpaired) electrons. The number of benzene rings is 2. The Kier molecular flexibility index (Phi) is 4.28. The second kappa shape index (κ2) is 6.33. The third kappa shape index (κ3) is 3.55. The summed E-state index contributed by atoms with van der Waals surface area (Å²) >= 11 is 0. The van der Waals surface area contributed by atoms with E-state index in [4.69, 9.17) is 0 Å². The van der Waals surface area contributed by atoms with E-state index >= 15 is 0 Å². The largest absolute Gasteiger partial charge is 0.376 e. The van der Waals surface area contributed by atoms with Crippen molar-refractivity contribution in [3.05, 3.63) is 64.7 Å². The van der Waals surface area contributed by atoms with Crippen molar-refractivity contribution >= 4 is 23.0 Å². The lowest BCUT2D eigenvalue weighted by atomic mass is 10.2. The normalized spacial score (nSPS) is 9.80. The molecule has 2 aromatic carbocycles. The maximum Gasteiger partial charge on any atom is 0.292 e. The minimum absolute atomic E-state index is 0.0378. The number of nitro groups is 1. The number of carbonyl (C=O) groups excluding carboxylic acids is 1. The molecule has 0 bridgehead atoms. The van der Waals surface area contributed by atoms with Crippen LogP contribution in [0.2, 0.25) is 0 Å². The van der Waals surface area contributed by atoms with Gasteiger partial charge in [-0.15, -0.1) is 0 Å². The monoisotopic (exact) mass is 271 g/mol. The Bertz CT molecular complexity index is 614. The molecule has 102 valence electrons. The maximum absolute atomic E-state index is 11.8. The van der Waals surface area contributed by atoms with Crippen molar-refractivity contribution in [2.45, 2.75) is 0 Å². The number of hydrogen-bond acceptors (Lipinski definition) is 4. The van der Waals surface area contributed by atoms with E-state index < -0.39 is 4.92 Å². The highest BCUT2D eigenvalue weighted by Gasteiger charge is 2.14. The Morgan fingerprint density at radius 3 is 2.40 bits per heavy atom. The third-order valence-corrected chi connectivity index (χ3v) is 2.60. The second-order valence-corrected chi connectivity index (χ2v) is 4.04. The average molecular weight is 271 g/mol. The smallest absolute Gasteiger partial charge is 0.292 e. The highest BCUT2D eigenvalue weighted by Crippen LogP contribution is 2.22. The number of rotatable bonds is 5. The van der Waals surface area contributed by atoms with Gasteiger partial charge in [-0.1, -0.05) is 30.3 Å². The molecule has 2 N–H and O–H groups in total. The second-order valence-electron chi connectivity index (χ2n) is 4.04. The molecule has 0 aliphatic rings. The van der Waals surface area contributed by atoms with Gasteiger partial charge in [0.1, 0.15) is 5.69 Å². The Balaban J connectivity index is 1.97. The maximum atomic E-state index is 11.8. The molecule has 0 aliphatic carbocycles. The molecule has 0 atom stereocenters. The number of nitrogens with zero attached hydrogens (tertiary/aromatic N) is 1. The van der Waals surface area contributed by atoms with Gasteiger partial charge in [-0.3, -0.25) is 14.9 Å². The zero-order valence-corrected chi connectivity index (χ0v) is 10.6. The van der Waals surface area contributed by atoms with Gasteiger partial charge in [-0.2, -0.15) is 0 Å². The van der Waals surface area contributed by atoms with Gasteiger partial charge >= 0.3 is 0 Å². The molecule has 20 heavy (non-hydrogen) atoms. The molecule has 0 saturated heterocycles. The van der Waals surface area contributed by atoms with Crippen molar-refractivity contribution in [2.75, 3.05) is 17.2 Å². The molecule has 0 heterocycles. The lowest BCUT2D eigenvalue weighted by molar-refractivity contribution is -0.383. The summed E-state index contributed by atoms with van der Waals surface area (Å²) in [5.41, 5.74) is 0.878. The van der Waals surface area contributed by atoms with Crippen LogP contribution in [0.3, 0.4) is 0 Å². The van der Waals surface area contributed by atoms with E-state index in [2.05, 4.69) is 10.6 Å². The fourth-order valence-corrected chi connectivity index (χ4v) is 1.67. The Hall–Kier alpha value is -2.89. The van der Waals surface area contributed by atoms with Gasteiger partial charge in [0, 0.05) is 11.8 Å². The zero-order valence-electron chi connectivity index (χ0n) is 10.6. The first kappa shape index (κ1) is 13.5. The molecule has 0 aromatic heterocycles. The van der Waals surface area contributed by atoms with Crippen molar-refractivity contribution in [1.82, 2.24) is 0 Å². The van der Waals surface area contributed by atoms with Crippen molar-refractivity contribution in [2.24, 2.45) is 0 Å². The number of nitro benzene ring substituents is 1. The third-order valence-electron chi connectivity index (χ3n) is 2.60. The van der Waals surface area contributed by atoms with Crippen LogP contribution in [0.15, 0.2) is 54.6 Å². The summed E-state index contributed by atoms with van der Waals surface area (Å²) in [6.45, 7) is 0.0378. The molecule has 0 spiro atoms. The first-order valence-corrected chi connectivity index (χ1v) is 5.99. The van der Waals surface area contributed by atoms with Gasteiger partial charge in [-0.05, 0) is 18.2 Å². The Morgan fingerprint density at radius 1 is 1.05 bits per heavy atom. The van der Waals surface area contributed by atoms with Gasteiger partial charge in [0.2, 0.25) is 5.91 Å². The van der Waals surface area contributed by atoms with Crippen molar-refractivity contribution in [3.63, 3.8) is 0 Å². The predicted octanol–water partition coefficient (Wildman–Crippen LogP) is 2.65. The Morgan fingerprint density at radius 2 is 1.70 bits per heavy atom. The lowest BCUT2D eigenvalue weighted by Gasteiger charge is -2.07. The van der Waals surface area contributed by atoms with Crippen LogP contribution in [-0.2, 0) is 4.79 Å². The van der Waals surface area contributed by atoms with Gasteiger partial charge in [0.15, 0.2) is 0 Å². The Labute approximate surface area is 115 Å². The van der Waals surface area contributed by atoms with Crippen LogP contribution in [-0.4, -0.2) is 17.4 Å². The van der Waals surface area contributed by atoms with E-state index in [1.807, 2.05) is 30.3 Å². The first-order valence-electron chi connectivity index (χ1n) is 5.99. The van der Waals surface area contributed by atoms with Crippen LogP contribution in [0.4, 0.5) is 17.1 Å². The zero-order chi connectivity index (χ0) is 14.4. The van der Waals surface area contributed by atoms with Gasteiger partial charge in [0.05, 0.1) is 11.5 Å². The van der Waals surface area contributed by atoms with Crippen molar-refractivity contribution in [3.8, 4) is 0 Å². The minimum atomic E-state index is -0.528. The van der Waals surface area contributed by atoms with Crippen LogP contribution >= 0.6 is 0 Å². The average Bonchev–Trinajstić information content (AvgIpc) is 2.46. The fourth-order valence-electron chi connectivity index (χ4n) is 1.67. The van der Waals surface area contributed by atoms with Crippen LogP contribution in [0.1, 0.15) is 0 Å². The number of nitrogens with one attached hydrogen (secondary N) is 2. The summed E-state index contributed by atoms with van der Waals surface area (Å²) in [6, 6.07) is 15.3. The highest BCUT2D eigenvalue weighted by molar-refractivity contribution is 5.95. The molecule has 2 rings (SSSR count). The molecule has 0 fully saturated rings. The van der Waals surface area contributed by atoms with Gasteiger partial charge in [-0.25, -0.2) is 0 Å². The van der Waals surface area contributed by atoms with Gasteiger partial charge in [0.25, 0.3) is 5.69 Å². The van der Waals surface area contributed by atoms with E-state index in [9.17, 15) is 14.9 Å². The summed E-state index contributed by atoms with van der Waals surface area (Å²) < 4.78 is 0. The molecular formula is C14H13N3O3. The molecule has 0 saturated carbocycles. The predicted molar refractivity (Wildman–Crippen MR) is 76.7 cm³/mol. The van der Waals surface area contributed by atoms with Gasteiger partial charge < -0.3 is 10.6 Å². The molecule has 0 unspecified atom stereocenters. The fraction of sp³-hybridized carbons (Fsp3) is 0.0714. The molecule has 1 amide bonds. The van der Waals surface area contributed by atoms with E-state index in [0.717, 1.165) is 5.69 Å². The standard InChI is InChI=1S/C14H13N3O3/c18-14(10-15-11-6-2-1-3-7-11)16-12-8-4-5-9-13(12)17(19)20/h1-9,15H,10H2,(H,16,18). The quantitative estimate of drug-likeness (QED) is 0.646.